The van der Waals surface area contributed by atoms with Crippen LogP contribution in [0.4, 0.5) is 0 Å². The fourth-order valence-corrected chi connectivity index (χ4v) is 1.35. The van der Waals surface area contributed by atoms with E-state index in [0.717, 1.165) is 11.4 Å². The van der Waals surface area contributed by atoms with Gasteiger partial charge < -0.3 is 15.0 Å². The maximum absolute atomic E-state index is 10.4. The quantitative estimate of drug-likeness (QED) is 0.712. The molecule has 0 aliphatic carbocycles. The Bertz CT molecular complexity index is 397. The molecule has 1 heterocycles. The lowest BCUT2D eigenvalue weighted by molar-refractivity contribution is -0.131. The van der Waals surface area contributed by atoms with E-state index in [0.29, 0.717) is 6.54 Å². The molecule has 1 unspecified atom stereocenters. The first-order valence-corrected chi connectivity index (χ1v) is 4.98. The van der Waals surface area contributed by atoms with Crippen molar-refractivity contribution < 1.29 is 9.90 Å². The van der Waals surface area contributed by atoms with Gasteiger partial charge in [0.1, 0.15) is 12.2 Å². The summed E-state index contributed by atoms with van der Waals surface area (Å²) in [6, 6.07) is 0.0321. The summed E-state index contributed by atoms with van der Waals surface area (Å²) in [5, 5.41) is 19.5. The van der Waals surface area contributed by atoms with Crippen molar-refractivity contribution in [3.63, 3.8) is 0 Å². The molecule has 0 spiro atoms. The van der Waals surface area contributed by atoms with Crippen molar-refractivity contribution >= 4 is 5.97 Å². The number of carboxylic acid groups (broad SMARTS) is 1. The van der Waals surface area contributed by atoms with E-state index in [1.54, 1.807) is 13.3 Å². The molecule has 0 aliphatic rings. The van der Waals surface area contributed by atoms with Gasteiger partial charge in [0.2, 0.25) is 0 Å². The van der Waals surface area contributed by atoms with Gasteiger partial charge in [0.05, 0.1) is 6.04 Å². The van der Waals surface area contributed by atoms with E-state index in [-0.39, 0.29) is 6.04 Å². The van der Waals surface area contributed by atoms with Crippen LogP contribution in [0.1, 0.15) is 25.7 Å². The summed E-state index contributed by atoms with van der Waals surface area (Å²) >= 11 is 0. The van der Waals surface area contributed by atoms with E-state index >= 15 is 0 Å². The van der Waals surface area contributed by atoms with Crippen LogP contribution in [0.5, 0.6) is 0 Å². The first kappa shape index (κ1) is 12.4. The van der Waals surface area contributed by atoms with Crippen LogP contribution in [0, 0.1) is 0 Å². The Balaban J connectivity index is 2.51. The van der Waals surface area contributed by atoms with Crippen molar-refractivity contribution in [3.8, 4) is 0 Å². The lowest BCUT2D eigenvalue weighted by Crippen LogP contribution is -2.23. The Kier molecular flexibility index (Phi) is 4.19. The number of aliphatic carboxylic acids is 1. The standard InChI is InChI=1S/C10H16N4O2/c1-7(4-9(15)16)5-11-8(2)10-13-12-6-14(10)3/h4,6,8,11H,5H2,1-3H3,(H,15,16). The van der Waals surface area contributed by atoms with Crippen LogP contribution in [0.25, 0.3) is 0 Å². The zero-order chi connectivity index (χ0) is 12.1. The minimum absolute atomic E-state index is 0.0321. The van der Waals surface area contributed by atoms with Crippen molar-refractivity contribution in [2.45, 2.75) is 19.9 Å². The molecular formula is C10H16N4O2. The normalized spacial score (nSPS) is 13.8. The number of hydrogen-bond acceptors (Lipinski definition) is 4. The summed E-state index contributed by atoms with van der Waals surface area (Å²) in [6.07, 6.45) is 2.82. The predicted octanol–water partition coefficient (Wildman–Crippen LogP) is 0.497. The highest BCUT2D eigenvalue weighted by Gasteiger charge is 2.10. The Morgan fingerprint density at radius 3 is 2.94 bits per heavy atom. The number of carbonyl (C=O) groups is 1. The highest BCUT2D eigenvalue weighted by molar-refractivity contribution is 5.80. The number of carboxylic acids is 1. The van der Waals surface area contributed by atoms with E-state index in [1.807, 2.05) is 18.5 Å². The van der Waals surface area contributed by atoms with E-state index in [9.17, 15) is 4.79 Å². The molecule has 1 aromatic heterocycles. The SMILES string of the molecule is CC(=CC(=O)O)CNC(C)c1nncn1C. The van der Waals surface area contributed by atoms with E-state index in [2.05, 4.69) is 15.5 Å². The minimum atomic E-state index is -0.925. The summed E-state index contributed by atoms with van der Waals surface area (Å²) in [5.41, 5.74) is 0.765. The number of nitrogens with zero attached hydrogens (tertiary/aromatic N) is 3. The lowest BCUT2D eigenvalue weighted by Gasteiger charge is -2.12. The number of aromatic nitrogens is 3. The van der Waals surface area contributed by atoms with Gasteiger partial charge in [-0.3, -0.25) is 0 Å². The van der Waals surface area contributed by atoms with Crippen LogP contribution in [0.15, 0.2) is 18.0 Å². The molecule has 1 rings (SSSR count). The minimum Gasteiger partial charge on any atom is -0.478 e. The van der Waals surface area contributed by atoms with E-state index in [4.69, 9.17) is 5.11 Å². The van der Waals surface area contributed by atoms with Crippen LogP contribution in [0.2, 0.25) is 0 Å². The molecule has 0 amide bonds. The van der Waals surface area contributed by atoms with Gasteiger partial charge in [-0.25, -0.2) is 4.79 Å². The molecule has 0 fully saturated rings. The number of aryl methyl sites for hydroxylation is 1. The summed E-state index contributed by atoms with van der Waals surface area (Å²) in [6.45, 7) is 4.24. The van der Waals surface area contributed by atoms with E-state index < -0.39 is 5.97 Å². The third-order valence-electron chi connectivity index (χ3n) is 2.19. The molecule has 0 aromatic carbocycles. The summed E-state index contributed by atoms with van der Waals surface area (Å²) in [5.74, 6) is -0.103. The van der Waals surface area contributed by atoms with Gasteiger partial charge >= 0.3 is 5.97 Å². The maximum Gasteiger partial charge on any atom is 0.328 e. The Morgan fingerprint density at radius 2 is 2.44 bits per heavy atom. The van der Waals surface area contributed by atoms with Crippen molar-refractivity contribution in [1.29, 1.82) is 0 Å². The highest BCUT2D eigenvalue weighted by atomic mass is 16.4. The second kappa shape index (κ2) is 5.41. The fraction of sp³-hybridized carbons (Fsp3) is 0.500. The first-order chi connectivity index (χ1) is 7.50. The fourth-order valence-electron chi connectivity index (χ4n) is 1.35. The van der Waals surface area contributed by atoms with Gasteiger partial charge in [-0.1, -0.05) is 5.57 Å². The molecule has 0 saturated heterocycles. The average molecular weight is 224 g/mol. The highest BCUT2D eigenvalue weighted by Crippen LogP contribution is 2.07. The molecule has 1 aromatic rings. The second-order valence-corrected chi connectivity index (χ2v) is 3.73. The van der Waals surface area contributed by atoms with Crippen molar-refractivity contribution in [2.75, 3.05) is 6.54 Å². The van der Waals surface area contributed by atoms with Gasteiger partial charge in [0.15, 0.2) is 0 Å². The molecule has 0 saturated carbocycles. The summed E-state index contributed by atoms with van der Waals surface area (Å²) in [7, 11) is 1.87. The molecule has 16 heavy (non-hydrogen) atoms. The van der Waals surface area contributed by atoms with Crippen LogP contribution in [0.3, 0.4) is 0 Å². The van der Waals surface area contributed by atoms with Crippen LogP contribution < -0.4 is 5.32 Å². The molecule has 0 radical (unpaired) electrons. The number of nitrogens with one attached hydrogen (secondary N) is 1. The van der Waals surface area contributed by atoms with Gasteiger partial charge in [-0.2, -0.15) is 0 Å². The lowest BCUT2D eigenvalue weighted by atomic mass is 10.2. The molecule has 1 atom stereocenters. The Morgan fingerprint density at radius 1 is 1.75 bits per heavy atom. The summed E-state index contributed by atoms with van der Waals surface area (Å²) < 4.78 is 1.83. The zero-order valence-electron chi connectivity index (χ0n) is 9.64. The number of hydrogen-bond donors (Lipinski definition) is 2. The topological polar surface area (TPSA) is 80.0 Å². The second-order valence-electron chi connectivity index (χ2n) is 3.73. The molecule has 6 nitrogen and oxygen atoms in total. The monoisotopic (exact) mass is 224 g/mol. The molecule has 6 heteroatoms. The van der Waals surface area contributed by atoms with Gasteiger partial charge in [-0.15, -0.1) is 10.2 Å². The predicted molar refractivity (Wildman–Crippen MR) is 58.8 cm³/mol. The van der Waals surface area contributed by atoms with Crippen LogP contribution in [-0.2, 0) is 11.8 Å². The van der Waals surface area contributed by atoms with Gasteiger partial charge in [0, 0.05) is 19.7 Å². The van der Waals surface area contributed by atoms with E-state index in [1.165, 1.54) is 6.08 Å². The largest absolute Gasteiger partial charge is 0.478 e. The van der Waals surface area contributed by atoms with Gasteiger partial charge in [-0.05, 0) is 13.8 Å². The Labute approximate surface area is 94.0 Å². The third kappa shape index (κ3) is 3.47. The molecule has 0 bridgehead atoms. The average Bonchev–Trinajstić information content (AvgIpc) is 2.60. The van der Waals surface area contributed by atoms with Crippen LogP contribution >= 0.6 is 0 Å². The van der Waals surface area contributed by atoms with Crippen molar-refractivity contribution in [1.82, 2.24) is 20.1 Å². The zero-order valence-corrected chi connectivity index (χ0v) is 9.64. The van der Waals surface area contributed by atoms with Gasteiger partial charge in [0.25, 0.3) is 0 Å². The third-order valence-corrected chi connectivity index (χ3v) is 2.19. The van der Waals surface area contributed by atoms with Crippen molar-refractivity contribution in [3.05, 3.63) is 23.8 Å². The number of rotatable bonds is 5. The molecule has 2 N–H and O–H groups in total. The molecule has 88 valence electrons. The van der Waals surface area contributed by atoms with Crippen LogP contribution in [-0.4, -0.2) is 32.4 Å². The molecular weight excluding hydrogens is 208 g/mol. The maximum atomic E-state index is 10.4. The first-order valence-electron chi connectivity index (χ1n) is 4.98. The summed E-state index contributed by atoms with van der Waals surface area (Å²) in [4.78, 5) is 10.4. The molecule has 0 aliphatic heterocycles. The smallest absolute Gasteiger partial charge is 0.328 e. The van der Waals surface area contributed by atoms with Crippen molar-refractivity contribution in [2.24, 2.45) is 7.05 Å². The Hall–Kier alpha value is -1.69.